The molecule has 0 aliphatic carbocycles. The summed E-state index contributed by atoms with van der Waals surface area (Å²) in [5.74, 6) is -0.892. The van der Waals surface area contributed by atoms with Gasteiger partial charge < -0.3 is 10.6 Å². The summed E-state index contributed by atoms with van der Waals surface area (Å²) in [6.07, 6.45) is 0. The van der Waals surface area contributed by atoms with Gasteiger partial charge in [-0.25, -0.2) is 0 Å². The normalized spacial score (nSPS) is 10.7. The fourth-order valence-electron chi connectivity index (χ4n) is 2.43. The number of rotatable bonds is 5. The van der Waals surface area contributed by atoms with Crippen molar-refractivity contribution < 1.29 is 9.59 Å². The number of carbonyl (C=O) groups excluding carboxylic acids is 2. The molecule has 2 N–H and O–H groups in total. The van der Waals surface area contributed by atoms with Crippen LogP contribution in [0.3, 0.4) is 0 Å². The second kappa shape index (κ2) is 7.77. The maximum Gasteiger partial charge on any atom is 0.313 e. The molecule has 0 aliphatic rings. The minimum Gasteiger partial charge on any atom is -0.344 e. The van der Waals surface area contributed by atoms with Gasteiger partial charge in [-0.2, -0.15) is 5.10 Å². The van der Waals surface area contributed by atoms with Crippen LogP contribution in [0.15, 0.2) is 30.3 Å². The summed E-state index contributed by atoms with van der Waals surface area (Å²) in [6, 6.07) is 9.46. The summed E-state index contributed by atoms with van der Waals surface area (Å²) in [7, 11) is 0. The molecule has 0 saturated carbocycles. The molecule has 24 heavy (non-hydrogen) atoms. The van der Waals surface area contributed by atoms with Crippen LogP contribution in [-0.4, -0.2) is 21.6 Å². The number of hydrogen-bond acceptors (Lipinski definition) is 3. The molecular formula is C18H24N4O2. The van der Waals surface area contributed by atoms with Gasteiger partial charge in [0.1, 0.15) is 0 Å². The Bertz CT molecular complexity index is 720. The predicted molar refractivity (Wildman–Crippen MR) is 93.5 cm³/mol. The number of aryl methyl sites for hydroxylation is 1. The summed E-state index contributed by atoms with van der Waals surface area (Å²) in [5, 5.41) is 9.72. The topological polar surface area (TPSA) is 76.0 Å². The number of hydrogen-bond donors (Lipinski definition) is 2. The van der Waals surface area contributed by atoms with Crippen molar-refractivity contribution in [3.63, 3.8) is 0 Å². The Morgan fingerprint density at radius 1 is 1.12 bits per heavy atom. The van der Waals surface area contributed by atoms with E-state index in [1.54, 1.807) is 0 Å². The van der Waals surface area contributed by atoms with E-state index in [1.807, 2.05) is 48.9 Å². The monoisotopic (exact) mass is 328 g/mol. The maximum absolute atomic E-state index is 12.1. The molecule has 2 aromatic rings. The molecule has 128 valence electrons. The smallest absolute Gasteiger partial charge is 0.313 e. The predicted octanol–water partition coefficient (Wildman–Crippen LogP) is 2.41. The molecule has 1 heterocycles. The molecule has 6 nitrogen and oxygen atoms in total. The summed E-state index contributed by atoms with van der Waals surface area (Å²) in [4.78, 5) is 24.1. The van der Waals surface area contributed by atoms with Gasteiger partial charge >= 0.3 is 11.8 Å². The van der Waals surface area contributed by atoms with Crippen molar-refractivity contribution in [1.29, 1.82) is 0 Å². The number of carbonyl (C=O) groups is 2. The Hall–Kier alpha value is -2.63. The van der Waals surface area contributed by atoms with Gasteiger partial charge in [0.25, 0.3) is 0 Å². The van der Waals surface area contributed by atoms with E-state index < -0.39 is 11.8 Å². The second-order valence-corrected chi connectivity index (χ2v) is 6.24. The molecule has 0 fully saturated rings. The molecule has 0 saturated heterocycles. The number of anilines is 1. The quantitative estimate of drug-likeness (QED) is 0.828. The van der Waals surface area contributed by atoms with E-state index in [2.05, 4.69) is 29.6 Å². The Labute approximate surface area is 142 Å². The van der Waals surface area contributed by atoms with Crippen LogP contribution >= 0.6 is 0 Å². The number of nitrogens with zero attached hydrogens (tertiary/aromatic N) is 2. The van der Waals surface area contributed by atoms with Crippen molar-refractivity contribution in [3.05, 3.63) is 47.3 Å². The Kier molecular flexibility index (Phi) is 5.73. The van der Waals surface area contributed by atoms with Crippen molar-refractivity contribution in [2.75, 3.05) is 5.32 Å². The minimum atomic E-state index is -0.679. The zero-order valence-electron chi connectivity index (χ0n) is 14.6. The third-order valence-electron chi connectivity index (χ3n) is 3.66. The third-order valence-corrected chi connectivity index (χ3v) is 3.66. The van der Waals surface area contributed by atoms with E-state index in [1.165, 1.54) is 0 Å². The highest BCUT2D eigenvalue weighted by Crippen LogP contribution is 2.20. The van der Waals surface area contributed by atoms with Gasteiger partial charge in [0.05, 0.1) is 17.1 Å². The van der Waals surface area contributed by atoms with Crippen LogP contribution < -0.4 is 10.6 Å². The lowest BCUT2D eigenvalue weighted by molar-refractivity contribution is -0.136. The summed E-state index contributed by atoms with van der Waals surface area (Å²) in [5.41, 5.74) is 3.11. The average Bonchev–Trinajstić information content (AvgIpc) is 2.80. The van der Waals surface area contributed by atoms with E-state index in [4.69, 9.17) is 0 Å². The first-order chi connectivity index (χ1) is 11.4. The van der Waals surface area contributed by atoms with Crippen molar-refractivity contribution >= 4 is 17.5 Å². The maximum atomic E-state index is 12.1. The van der Waals surface area contributed by atoms with Gasteiger partial charge in [0.15, 0.2) is 0 Å². The SMILES string of the molecule is Cc1nn(CC(C)C)c(C)c1NC(=O)C(=O)NCc1ccccc1. The molecule has 0 unspecified atom stereocenters. The summed E-state index contributed by atoms with van der Waals surface area (Å²) < 4.78 is 1.86. The highest BCUT2D eigenvalue weighted by molar-refractivity contribution is 6.39. The van der Waals surface area contributed by atoms with E-state index in [0.29, 0.717) is 23.8 Å². The zero-order chi connectivity index (χ0) is 17.7. The van der Waals surface area contributed by atoms with Gasteiger partial charge in [-0.3, -0.25) is 14.3 Å². The molecule has 1 aromatic carbocycles. The minimum absolute atomic E-state index is 0.317. The largest absolute Gasteiger partial charge is 0.344 e. The van der Waals surface area contributed by atoms with Crippen molar-refractivity contribution in [1.82, 2.24) is 15.1 Å². The van der Waals surface area contributed by atoms with E-state index in [0.717, 1.165) is 17.8 Å². The lowest BCUT2D eigenvalue weighted by Gasteiger charge is -2.09. The first-order valence-electron chi connectivity index (χ1n) is 8.05. The van der Waals surface area contributed by atoms with Gasteiger partial charge in [0.2, 0.25) is 0 Å². The number of amides is 2. The molecule has 0 bridgehead atoms. The van der Waals surface area contributed by atoms with E-state index in [-0.39, 0.29) is 0 Å². The van der Waals surface area contributed by atoms with Crippen molar-refractivity contribution in [2.24, 2.45) is 5.92 Å². The Morgan fingerprint density at radius 3 is 2.42 bits per heavy atom. The highest BCUT2D eigenvalue weighted by atomic mass is 16.2. The van der Waals surface area contributed by atoms with Crippen LogP contribution in [-0.2, 0) is 22.7 Å². The van der Waals surface area contributed by atoms with Crippen LogP contribution in [0.2, 0.25) is 0 Å². The van der Waals surface area contributed by atoms with Gasteiger partial charge in [0, 0.05) is 13.1 Å². The first-order valence-corrected chi connectivity index (χ1v) is 8.05. The van der Waals surface area contributed by atoms with Crippen LogP contribution in [0.5, 0.6) is 0 Å². The highest BCUT2D eigenvalue weighted by Gasteiger charge is 2.19. The lowest BCUT2D eigenvalue weighted by Crippen LogP contribution is -2.35. The standard InChI is InChI=1S/C18H24N4O2/c1-12(2)11-22-14(4)16(13(3)21-22)20-18(24)17(23)19-10-15-8-6-5-7-9-15/h5-9,12H,10-11H2,1-4H3,(H,19,23)(H,20,24). The van der Waals surface area contributed by atoms with Crippen LogP contribution in [0, 0.1) is 19.8 Å². The molecule has 6 heteroatoms. The molecule has 2 rings (SSSR count). The molecule has 2 amide bonds. The third kappa shape index (κ3) is 4.44. The summed E-state index contributed by atoms with van der Waals surface area (Å²) >= 11 is 0. The lowest BCUT2D eigenvalue weighted by atomic mass is 10.2. The molecule has 0 spiro atoms. The Morgan fingerprint density at radius 2 is 1.79 bits per heavy atom. The van der Waals surface area contributed by atoms with Crippen LogP contribution in [0.4, 0.5) is 5.69 Å². The molecule has 0 radical (unpaired) electrons. The van der Waals surface area contributed by atoms with Crippen molar-refractivity contribution in [3.8, 4) is 0 Å². The first kappa shape index (κ1) is 17.7. The molecule has 0 atom stereocenters. The summed E-state index contributed by atoms with van der Waals surface area (Å²) in [6.45, 7) is 9.00. The molecule has 1 aromatic heterocycles. The van der Waals surface area contributed by atoms with Gasteiger partial charge in [-0.05, 0) is 25.3 Å². The van der Waals surface area contributed by atoms with Crippen molar-refractivity contribution in [2.45, 2.75) is 40.8 Å². The zero-order valence-corrected chi connectivity index (χ0v) is 14.6. The molecule has 0 aliphatic heterocycles. The van der Waals surface area contributed by atoms with Crippen LogP contribution in [0.25, 0.3) is 0 Å². The number of benzene rings is 1. The van der Waals surface area contributed by atoms with Crippen LogP contribution in [0.1, 0.15) is 30.8 Å². The molecular weight excluding hydrogens is 304 g/mol. The van der Waals surface area contributed by atoms with E-state index >= 15 is 0 Å². The second-order valence-electron chi connectivity index (χ2n) is 6.24. The van der Waals surface area contributed by atoms with E-state index in [9.17, 15) is 9.59 Å². The average molecular weight is 328 g/mol. The Balaban J connectivity index is 1.99. The number of aromatic nitrogens is 2. The number of nitrogens with one attached hydrogen (secondary N) is 2. The van der Waals surface area contributed by atoms with Gasteiger partial charge in [-0.1, -0.05) is 44.2 Å². The van der Waals surface area contributed by atoms with Gasteiger partial charge in [-0.15, -0.1) is 0 Å². The fourth-order valence-corrected chi connectivity index (χ4v) is 2.43. The fraction of sp³-hybridized carbons (Fsp3) is 0.389.